The first kappa shape index (κ1) is 20.7. The van der Waals surface area contributed by atoms with Crippen LogP contribution in [0.5, 0.6) is 0 Å². The summed E-state index contributed by atoms with van der Waals surface area (Å²) in [5.41, 5.74) is 1.66. The first-order chi connectivity index (χ1) is 14.9. The molecule has 1 aliphatic carbocycles. The molecule has 3 N–H and O–H groups in total. The second kappa shape index (κ2) is 8.31. The van der Waals surface area contributed by atoms with E-state index in [1.807, 2.05) is 19.1 Å². The van der Waals surface area contributed by atoms with Gasteiger partial charge in [0.1, 0.15) is 5.69 Å². The Morgan fingerprint density at radius 2 is 1.97 bits per heavy atom. The molecule has 0 atom stereocenters. The van der Waals surface area contributed by atoms with Crippen LogP contribution in [0.2, 0.25) is 0 Å². The maximum absolute atomic E-state index is 13.5. The van der Waals surface area contributed by atoms with E-state index >= 15 is 0 Å². The lowest BCUT2D eigenvalue weighted by molar-refractivity contribution is 0.0521. The fourth-order valence-corrected chi connectivity index (χ4v) is 3.72. The number of aromatic amines is 2. The van der Waals surface area contributed by atoms with Crippen LogP contribution in [-0.4, -0.2) is 27.1 Å². The van der Waals surface area contributed by atoms with E-state index in [-0.39, 0.29) is 29.1 Å². The number of benzene rings is 1. The Labute approximate surface area is 181 Å². The number of carbonyl (C=O) groups excluding carboxylic acids is 1. The number of hydrogen-bond acceptors (Lipinski definition) is 5. The number of ether oxygens (including phenoxy) is 1. The van der Waals surface area contributed by atoms with Gasteiger partial charge in [0.2, 0.25) is 5.43 Å². The van der Waals surface area contributed by atoms with E-state index in [1.54, 1.807) is 35.8 Å². The number of nitrogens with zero attached hydrogens (tertiary/aromatic N) is 1. The molecule has 1 aromatic carbocycles. The van der Waals surface area contributed by atoms with Gasteiger partial charge in [0.15, 0.2) is 5.69 Å². The molecule has 0 spiro atoms. The van der Waals surface area contributed by atoms with Gasteiger partial charge in [-0.3, -0.25) is 9.36 Å². The largest absolute Gasteiger partial charge is 0.461 e. The summed E-state index contributed by atoms with van der Waals surface area (Å²) in [6.45, 7) is 4.16. The third kappa shape index (κ3) is 3.82. The minimum Gasteiger partial charge on any atom is -0.461 e. The van der Waals surface area contributed by atoms with Crippen LogP contribution in [0.1, 0.15) is 30.8 Å². The van der Waals surface area contributed by atoms with Crippen LogP contribution in [0, 0.1) is 0 Å². The average Bonchev–Trinajstić information content (AvgIpc) is 2.90. The molecule has 9 heteroatoms. The molecule has 0 bridgehead atoms. The smallest absolute Gasteiger partial charge is 0.357 e. The minimum absolute atomic E-state index is 0.00794. The second-order valence-corrected chi connectivity index (χ2v) is 7.39. The fraction of sp³-hybridized carbons (Fsp3) is 0.227. The summed E-state index contributed by atoms with van der Waals surface area (Å²) in [5, 5.41) is 3.98. The lowest BCUT2D eigenvalue weighted by Crippen LogP contribution is -2.20. The zero-order chi connectivity index (χ0) is 22.1. The molecular weight excluding hydrogens is 420 g/mol. The van der Waals surface area contributed by atoms with E-state index in [0.717, 1.165) is 0 Å². The number of anilines is 1. The number of imidazole rings is 1. The van der Waals surface area contributed by atoms with Gasteiger partial charge in [0, 0.05) is 22.7 Å². The fourth-order valence-electron chi connectivity index (χ4n) is 3.57. The van der Waals surface area contributed by atoms with Crippen molar-refractivity contribution >= 4 is 45.2 Å². The van der Waals surface area contributed by atoms with Crippen molar-refractivity contribution in [3.63, 3.8) is 0 Å². The van der Waals surface area contributed by atoms with Crippen LogP contribution in [0.3, 0.4) is 0 Å². The molecule has 0 amide bonds. The molecule has 1 aliphatic rings. The number of pyridine rings is 1. The van der Waals surface area contributed by atoms with Crippen LogP contribution in [0.4, 0.5) is 5.69 Å². The van der Waals surface area contributed by atoms with E-state index < -0.39 is 5.97 Å². The van der Waals surface area contributed by atoms with Gasteiger partial charge in [-0.2, -0.15) is 0 Å². The number of fused-ring (bicyclic) bond motifs is 2. The van der Waals surface area contributed by atoms with Crippen molar-refractivity contribution < 1.29 is 9.53 Å². The predicted molar refractivity (Wildman–Crippen MR) is 122 cm³/mol. The highest BCUT2D eigenvalue weighted by atomic mass is 35.5. The summed E-state index contributed by atoms with van der Waals surface area (Å²) in [6, 6.07) is 3.31. The van der Waals surface area contributed by atoms with Crippen molar-refractivity contribution in [1.82, 2.24) is 14.5 Å². The van der Waals surface area contributed by atoms with E-state index in [9.17, 15) is 14.4 Å². The summed E-state index contributed by atoms with van der Waals surface area (Å²) in [4.78, 5) is 44.1. The second-order valence-electron chi connectivity index (χ2n) is 6.96. The normalized spacial score (nSPS) is 13.8. The molecule has 3 aromatic rings. The molecule has 0 unspecified atom stereocenters. The van der Waals surface area contributed by atoms with Gasteiger partial charge in [0.05, 0.1) is 23.2 Å². The molecule has 2 aromatic heterocycles. The summed E-state index contributed by atoms with van der Waals surface area (Å²) in [6.07, 6.45) is 7.69. The molecule has 0 aliphatic heterocycles. The van der Waals surface area contributed by atoms with Crippen molar-refractivity contribution in [1.29, 1.82) is 0 Å². The van der Waals surface area contributed by atoms with Gasteiger partial charge in [-0.25, -0.2) is 9.59 Å². The first-order valence-corrected chi connectivity index (χ1v) is 10.3. The van der Waals surface area contributed by atoms with Crippen molar-refractivity contribution in [2.75, 3.05) is 11.9 Å². The number of nitrogens with one attached hydrogen (secondary N) is 3. The Morgan fingerprint density at radius 3 is 2.71 bits per heavy atom. The minimum atomic E-state index is -0.655. The Kier molecular flexibility index (Phi) is 5.56. The Bertz CT molecular complexity index is 1400. The highest BCUT2D eigenvalue weighted by Crippen LogP contribution is 2.23. The zero-order valence-electron chi connectivity index (χ0n) is 17.0. The number of H-pyrrole nitrogens is 2. The monoisotopic (exact) mass is 440 g/mol. The van der Waals surface area contributed by atoms with Gasteiger partial charge in [-0.15, -0.1) is 0 Å². The predicted octanol–water partition coefficient (Wildman–Crippen LogP) is 3.75. The Hall–Kier alpha value is -3.52. The van der Waals surface area contributed by atoms with E-state index in [0.29, 0.717) is 45.6 Å². The highest BCUT2D eigenvalue weighted by molar-refractivity contribution is 6.31. The molecule has 31 heavy (non-hydrogen) atoms. The van der Waals surface area contributed by atoms with E-state index in [4.69, 9.17) is 16.3 Å². The van der Waals surface area contributed by atoms with Crippen molar-refractivity contribution in [2.45, 2.75) is 26.8 Å². The molecule has 0 saturated carbocycles. The maximum Gasteiger partial charge on any atom is 0.357 e. The number of esters is 1. The third-order valence-electron chi connectivity index (χ3n) is 5.03. The lowest BCUT2D eigenvalue weighted by atomic mass is 10.1. The average molecular weight is 441 g/mol. The molecule has 8 nitrogen and oxygen atoms in total. The number of carbonyl (C=O) groups is 1. The molecule has 0 saturated heterocycles. The Morgan fingerprint density at radius 1 is 1.16 bits per heavy atom. The molecule has 4 rings (SSSR count). The van der Waals surface area contributed by atoms with Gasteiger partial charge in [0.25, 0.3) is 0 Å². The van der Waals surface area contributed by atoms with Gasteiger partial charge in [-0.05, 0) is 44.6 Å². The van der Waals surface area contributed by atoms with Gasteiger partial charge >= 0.3 is 11.7 Å². The SMILES string of the molecule is CCOC(=O)c1[nH]c2cc3[nH]c(=O)n(CC)c3cc2c(=O)c1NC1=CCC=C(Cl)C=C1. The topological polar surface area (TPSA) is 109 Å². The van der Waals surface area contributed by atoms with Crippen LogP contribution in [0.15, 0.2) is 56.8 Å². The number of rotatable bonds is 5. The van der Waals surface area contributed by atoms with E-state index in [2.05, 4.69) is 15.3 Å². The third-order valence-corrected chi connectivity index (χ3v) is 5.31. The quantitative estimate of drug-likeness (QED) is 0.523. The summed E-state index contributed by atoms with van der Waals surface area (Å²) in [5.74, 6) is -0.655. The molecule has 160 valence electrons. The standard InChI is InChI=1S/C22H21ClN4O4/c1-3-27-17-10-14-15(11-16(17)26-22(27)30)25-19(21(29)31-4-2)18(20(14)28)24-13-7-5-6-12(23)8-9-13/h6-11,24H,3-5H2,1-2H3,(H,25,28)(H,26,30). The number of hydrogen-bond donors (Lipinski definition) is 3. The van der Waals surface area contributed by atoms with Crippen LogP contribution in [0.25, 0.3) is 21.9 Å². The molecule has 2 heterocycles. The summed E-state index contributed by atoms with van der Waals surface area (Å²) in [7, 11) is 0. The van der Waals surface area contributed by atoms with Crippen molar-refractivity contribution in [3.05, 3.63) is 73.6 Å². The van der Waals surface area contributed by atoms with Crippen LogP contribution >= 0.6 is 11.6 Å². The number of allylic oxidation sites excluding steroid dienone is 5. The molecule has 0 radical (unpaired) electrons. The van der Waals surface area contributed by atoms with Crippen molar-refractivity contribution in [2.24, 2.45) is 0 Å². The maximum atomic E-state index is 13.5. The molecular formula is C22H21ClN4O4. The number of aromatic nitrogens is 3. The van der Waals surface area contributed by atoms with Gasteiger partial charge in [-0.1, -0.05) is 23.8 Å². The highest BCUT2D eigenvalue weighted by Gasteiger charge is 2.21. The van der Waals surface area contributed by atoms with Crippen LogP contribution in [-0.2, 0) is 11.3 Å². The summed E-state index contributed by atoms with van der Waals surface area (Å²) < 4.78 is 6.70. The molecule has 0 fully saturated rings. The Balaban J connectivity index is 1.95. The summed E-state index contributed by atoms with van der Waals surface area (Å²) >= 11 is 6.05. The van der Waals surface area contributed by atoms with E-state index in [1.165, 1.54) is 0 Å². The van der Waals surface area contributed by atoms with Gasteiger partial charge < -0.3 is 20.0 Å². The van der Waals surface area contributed by atoms with Crippen LogP contribution < -0.4 is 16.4 Å². The number of aryl methyl sites for hydroxylation is 1. The van der Waals surface area contributed by atoms with Crippen molar-refractivity contribution in [3.8, 4) is 0 Å². The zero-order valence-corrected chi connectivity index (χ0v) is 17.8. The first-order valence-electron chi connectivity index (χ1n) is 9.93. The lowest BCUT2D eigenvalue weighted by Gasteiger charge is -2.13. The number of halogens is 1.